The lowest BCUT2D eigenvalue weighted by atomic mass is 9.85. The van der Waals surface area contributed by atoms with E-state index in [1.54, 1.807) is 6.07 Å². The number of rotatable bonds is 4. The van der Waals surface area contributed by atoms with Crippen molar-refractivity contribution in [3.63, 3.8) is 0 Å². The molecule has 96 valence electrons. The van der Waals surface area contributed by atoms with E-state index in [2.05, 4.69) is 15.6 Å². The van der Waals surface area contributed by atoms with E-state index in [0.29, 0.717) is 12.5 Å². The van der Waals surface area contributed by atoms with E-state index in [1.807, 2.05) is 0 Å². The number of nitrogens with zero attached hydrogens (tertiary/aromatic N) is 1. The SMILES string of the molecule is O=C(NCC1CCC1)Nc1cccnc1C(=O)O. The summed E-state index contributed by atoms with van der Waals surface area (Å²) in [5.74, 6) is -0.603. The third kappa shape index (κ3) is 2.97. The minimum Gasteiger partial charge on any atom is -0.476 e. The van der Waals surface area contributed by atoms with Crippen LogP contribution >= 0.6 is 0 Å². The molecule has 1 aliphatic carbocycles. The molecular weight excluding hydrogens is 234 g/mol. The first-order valence-electron chi connectivity index (χ1n) is 5.90. The molecule has 0 aliphatic heterocycles. The van der Waals surface area contributed by atoms with E-state index in [0.717, 1.165) is 12.8 Å². The summed E-state index contributed by atoms with van der Waals surface area (Å²) in [6.45, 7) is 0.633. The molecule has 0 radical (unpaired) electrons. The molecule has 0 saturated heterocycles. The van der Waals surface area contributed by atoms with Crippen LogP contribution in [0.4, 0.5) is 10.5 Å². The fourth-order valence-corrected chi connectivity index (χ4v) is 1.78. The molecule has 1 aromatic rings. The highest BCUT2D eigenvalue weighted by molar-refractivity contribution is 5.98. The van der Waals surface area contributed by atoms with Gasteiger partial charge in [-0.2, -0.15) is 0 Å². The number of amides is 2. The van der Waals surface area contributed by atoms with Crippen molar-refractivity contribution in [3.8, 4) is 0 Å². The van der Waals surface area contributed by atoms with Crippen molar-refractivity contribution < 1.29 is 14.7 Å². The zero-order chi connectivity index (χ0) is 13.0. The van der Waals surface area contributed by atoms with Gasteiger partial charge in [-0.25, -0.2) is 14.6 Å². The van der Waals surface area contributed by atoms with Gasteiger partial charge in [-0.3, -0.25) is 0 Å². The van der Waals surface area contributed by atoms with Gasteiger partial charge in [0.05, 0.1) is 5.69 Å². The summed E-state index contributed by atoms with van der Waals surface area (Å²) >= 11 is 0. The molecular formula is C12H15N3O3. The van der Waals surface area contributed by atoms with Crippen molar-refractivity contribution in [3.05, 3.63) is 24.0 Å². The topological polar surface area (TPSA) is 91.3 Å². The van der Waals surface area contributed by atoms with Crippen LogP contribution in [0.15, 0.2) is 18.3 Å². The van der Waals surface area contributed by atoms with Crippen molar-refractivity contribution in [2.45, 2.75) is 19.3 Å². The number of aromatic nitrogens is 1. The lowest BCUT2D eigenvalue weighted by molar-refractivity contribution is 0.0692. The Morgan fingerprint density at radius 1 is 1.44 bits per heavy atom. The highest BCUT2D eigenvalue weighted by Crippen LogP contribution is 2.25. The van der Waals surface area contributed by atoms with E-state index in [-0.39, 0.29) is 11.4 Å². The average Bonchev–Trinajstić information content (AvgIpc) is 2.27. The maximum absolute atomic E-state index is 11.6. The molecule has 2 amide bonds. The Labute approximate surface area is 104 Å². The van der Waals surface area contributed by atoms with Crippen LogP contribution in [0.2, 0.25) is 0 Å². The molecule has 0 atom stereocenters. The number of carboxylic acids is 1. The summed E-state index contributed by atoms with van der Waals surface area (Å²) in [7, 11) is 0. The van der Waals surface area contributed by atoms with Gasteiger partial charge in [-0.15, -0.1) is 0 Å². The number of carbonyl (C=O) groups excluding carboxylic acids is 1. The molecule has 0 unspecified atom stereocenters. The molecule has 0 aromatic carbocycles. The van der Waals surface area contributed by atoms with Crippen molar-refractivity contribution in [2.24, 2.45) is 5.92 Å². The smallest absolute Gasteiger partial charge is 0.356 e. The molecule has 1 aromatic heterocycles. The highest BCUT2D eigenvalue weighted by atomic mass is 16.4. The van der Waals surface area contributed by atoms with Gasteiger partial charge in [0.15, 0.2) is 5.69 Å². The summed E-state index contributed by atoms with van der Waals surface area (Å²) in [4.78, 5) is 26.2. The van der Waals surface area contributed by atoms with Crippen molar-refractivity contribution in [1.29, 1.82) is 0 Å². The van der Waals surface area contributed by atoms with Gasteiger partial charge < -0.3 is 15.7 Å². The van der Waals surface area contributed by atoms with Crippen LogP contribution < -0.4 is 10.6 Å². The van der Waals surface area contributed by atoms with Crippen molar-refractivity contribution >= 4 is 17.7 Å². The van der Waals surface area contributed by atoms with Crippen LogP contribution in [0.3, 0.4) is 0 Å². The van der Waals surface area contributed by atoms with E-state index < -0.39 is 12.0 Å². The molecule has 2 rings (SSSR count). The van der Waals surface area contributed by atoms with Crippen LogP contribution in [-0.4, -0.2) is 28.6 Å². The Balaban J connectivity index is 1.91. The molecule has 0 spiro atoms. The summed E-state index contributed by atoms with van der Waals surface area (Å²) in [5.41, 5.74) is 0.0485. The zero-order valence-corrected chi connectivity index (χ0v) is 9.85. The summed E-state index contributed by atoms with van der Waals surface area (Å²) in [5, 5.41) is 14.1. The number of aromatic carboxylic acids is 1. The minimum absolute atomic E-state index is 0.156. The first kappa shape index (κ1) is 12.3. The lowest BCUT2D eigenvalue weighted by Gasteiger charge is -2.25. The maximum atomic E-state index is 11.6. The summed E-state index contributed by atoms with van der Waals surface area (Å²) < 4.78 is 0. The lowest BCUT2D eigenvalue weighted by Crippen LogP contribution is -2.35. The monoisotopic (exact) mass is 249 g/mol. The van der Waals surface area contributed by atoms with E-state index in [1.165, 1.54) is 18.7 Å². The fraction of sp³-hybridized carbons (Fsp3) is 0.417. The second-order valence-electron chi connectivity index (χ2n) is 4.34. The van der Waals surface area contributed by atoms with Crippen molar-refractivity contribution in [2.75, 3.05) is 11.9 Å². The van der Waals surface area contributed by atoms with E-state index in [9.17, 15) is 9.59 Å². The number of carboxylic acid groups (broad SMARTS) is 1. The third-order valence-electron chi connectivity index (χ3n) is 3.03. The number of hydrogen-bond acceptors (Lipinski definition) is 3. The first-order chi connectivity index (χ1) is 8.66. The molecule has 1 saturated carbocycles. The number of hydrogen-bond donors (Lipinski definition) is 3. The normalized spacial score (nSPS) is 14.7. The number of carbonyl (C=O) groups is 2. The quantitative estimate of drug-likeness (QED) is 0.757. The second-order valence-corrected chi connectivity index (χ2v) is 4.34. The van der Waals surface area contributed by atoms with Crippen molar-refractivity contribution in [1.82, 2.24) is 10.3 Å². The molecule has 6 nitrogen and oxygen atoms in total. The zero-order valence-electron chi connectivity index (χ0n) is 9.85. The molecule has 1 heterocycles. The minimum atomic E-state index is -1.16. The number of anilines is 1. The highest BCUT2D eigenvalue weighted by Gasteiger charge is 2.18. The molecule has 6 heteroatoms. The summed E-state index contributed by atoms with van der Waals surface area (Å²) in [6, 6.07) is 2.70. The van der Waals surface area contributed by atoms with Crippen LogP contribution in [0.5, 0.6) is 0 Å². The molecule has 0 bridgehead atoms. The molecule has 1 fully saturated rings. The van der Waals surface area contributed by atoms with E-state index >= 15 is 0 Å². The van der Waals surface area contributed by atoms with Crippen LogP contribution in [0.25, 0.3) is 0 Å². The predicted molar refractivity (Wildman–Crippen MR) is 65.6 cm³/mol. The Morgan fingerprint density at radius 2 is 2.22 bits per heavy atom. The van der Waals surface area contributed by atoms with Crippen LogP contribution in [0.1, 0.15) is 29.8 Å². The maximum Gasteiger partial charge on any atom is 0.356 e. The van der Waals surface area contributed by atoms with Gasteiger partial charge in [-0.05, 0) is 30.9 Å². The third-order valence-corrected chi connectivity index (χ3v) is 3.03. The molecule has 3 N–H and O–H groups in total. The predicted octanol–water partition coefficient (Wildman–Crippen LogP) is 1.70. The number of urea groups is 1. The van der Waals surface area contributed by atoms with Crippen LogP contribution in [-0.2, 0) is 0 Å². The van der Waals surface area contributed by atoms with E-state index in [4.69, 9.17) is 5.11 Å². The molecule has 1 aliphatic rings. The average molecular weight is 249 g/mol. The van der Waals surface area contributed by atoms with Gasteiger partial charge in [0.1, 0.15) is 0 Å². The second kappa shape index (κ2) is 5.48. The summed E-state index contributed by atoms with van der Waals surface area (Å²) in [6.07, 6.45) is 4.89. The first-order valence-corrected chi connectivity index (χ1v) is 5.90. The van der Waals surface area contributed by atoms with Gasteiger partial charge in [0.2, 0.25) is 0 Å². The number of nitrogens with one attached hydrogen (secondary N) is 2. The van der Waals surface area contributed by atoms with Crippen LogP contribution in [0, 0.1) is 5.92 Å². The Morgan fingerprint density at radius 3 is 2.83 bits per heavy atom. The standard InChI is InChI=1S/C12H15N3O3/c16-11(17)10-9(5-2-6-13-10)15-12(18)14-7-8-3-1-4-8/h2,5-6,8H,1,3-4,7H2,(H,16,17)(H2,14,15,18). The van der Waals surface area contributed by atoms with Gasteiger partial charge in [0.25, 0.3) is 0 Å². The Bertz CT molecular complexity index is 458. The van der Waals surface area contributed by atoms with Gasteiger partial charge in [-0.1, -0.05) is 6.42 Å². The fourth-order valence-electron chi connectivity index (χ4n) is 1.78. The van der Waals surface area contributed by atoms with Gasteiger partial charge >= 0.3 is 12.0 Å². The molecule has 18 heavy (non-hydrogen) atoms. The Kier molecular flexibility index (Phi) is 3.76. The largest absolute Gasteiger partial charge is 0.476 e. The van der Waals surface area contributed by atoms with Gasteiger partial charge in [0, 0.05) is 12.7 Å². The Hall–Kier alpha value is -2.11. The number of pyridine rings is 1.